The molecule has 0 bridgehead atoms. The summed E-state index contributed by atoms with van der Waals surface area (Å²) in [4.78, 5) is 0. The van der Waals surface area contributed by atoms with Gasteiger partial charge in [0.1, 0.15) is 0 Å². The molecule has 2 aromatic rings. The Morgan fingerprint density at radius 1 is 1.29 bits per heavy atom. The fourth-order valence-corrected chi connectivity index (χ4v) is 2.08. The van der Waals surface area contributed by atoms with E-state index in [2.05, 4.69) is 30.2 Å². The van der Waals surface area contributed by atoms with E-state index in [1.807, 2.05) is 29.9 Å². The Morgan fingerprint density at radius 3 is 2.76 bits per heavy atom. The Bertz CT molecular complexity index is 486. The maximum atomic E-state index is 6.01. The minimum atomic E-state index is 0.0381. The van der Waals surface area contributed by atoms with Crippen LogP contribution in [0.2, 0.25) is 0 Å². The number of nitrogens with two attached hydrogens (primary N) is 1. The fourth-order valence-electron chi connectivity index (χ4n) is 2.08. The molecule has 0 saturated heterocycles. The van der Waals surface area contributed by atoms with Gasteiger partial charge in [-0.25, -0.2) is 0 Å². The Kier molecular flexibility index (Phi) is 3.59. The molecule has 3 heteroatoms. The molecule has 1 heterocycles. The van der Waals surface area contributed by atoms with Crippen molar-refractivity contribution in [1.29, 1.82) is 0 Å². The Labute approximate surface area is 102 Å². The second-order valence-electron chi connectivity index (χ2n) is 4.32. The number of hydrogen-bond acceptors (Lipinski definition) is 2. The van der Waals surface area contributed by atoms with Gasteiger partial charge in [-0.15, -0.1) is 0 Å². The second kappa shape index (κ2) is 5.15. The molecule has 0 aliphatic carbocycles. The van der Waals surface area contributed by atoms with Crippen LogP contribution in [0.15, 0.2) is 36.5 Å². The van der Waals surface area contributed by atoms with Gasteiger partial charge < -0.3 is 5.73 Å². The molecule has 0 aliphatic rings. The van der Waals surface area contributed by atoms with Crippen LogP contribution in [0.5, 0.6) is 0 Å². The highest BCUT2D eigenvalue weighted by Gasteiger charge is 2.11. The van der Waals surface area contributed by atoms with Gasteiger partial charge in [0.2, 0.25) is 0 Å². The predicted octanol–water partition coefficient (Wildman–Crippen LogP) is 2.98. The molecule has 1 aromatic heterocycles. The van der Waals surface area contributed by atoms with Gasteiger partial charge in [-0.05, 0) is 25.0 Å². The monoisotopic (exact) mass is 229 g/mol. The van der Waals surface area contributed by atoms with E-state index in [1.54, 1.807) is 0 Å². The summed E-state index contributed by atoms with van der Waals surface area (Å²) in [6.07, 6.45) is 2.93. The molecular weight excluding hydrogens is 210 g/mol. The smallest absolute Gasteiger partial charge is 0.0685 e. The van der Waals surface area contributed by atoms with Crippen molar-refractivity contribution in [2.75, 3.05) is 0 Å². The summed E-state index contributed by atoms with van der Waals surface area (Å²) in [5.41, 5.74) is 9.53. The number of rotatable bonds is 4. The highest BCUT2D eigenvalue weighted by Crippen LogP contribution is 2.26. The number of aryl methyl sites for hydroxylation is 1. The van der Waals surface area contributed by atoms with E-state index in [-0.39, 0.29) is 6.04 Å². The number of aromatic nitrogens is 2. The number of nitrogens with zero attached hydrogens (tertiary/aromatic N) is 2. The van der Waals surface area contributed by atoms with Crippen molar-refractivity contribution >= 4 is 0 Å². The van der Waals surface area contributed by atoms with Crippen LogP contribution in [0.25, 0.3) is 11.3 Å². The van der Waals surface area contributed by atoms with Gasteiger partial charge in [0.15, 0.2) is 0 Å². The van der Waals surface area contributed by atoms with Crippen molar-refractivity contribution in [3.8, 4) is 11.3 Å². The minimum absolute atomic E-state index is 0.0381. The Balaban J connectivity index is 2.48. The van der Waals surface area contributed by atoms with E-state index in [0.717, 1.165) is 18.7 Å². The summed E-state index contributed by atoms with van der Waals surface area (Å²) in [5.74, 6) is 0. The van der Waals surface area contributed by atoms with Crippen LogP contribution >= 0.6 is 0 Å². The molecule has 1 unspecified atom stereocenters. The summed E-state index contributed by atoms with van der Waals surface area (Å²) >= 11 is 0. The Morgan fingerprint density at radius 2 is 2.06 bits per heavy atom. The molecule has 0 fully saturated rings. The molecule has 2 rings (SSSR count). The van der Waals surface area contributed by atoms with Crippen molar-refractivity contribution in [3.05, 3.63) is 42.1 Å². The lowest BCUT2D eigenvalue weighted by Crippen LogP contribution is -2.08. The first-order valence-corrected chi connectivity index (χ1v) is 6.10. The van der Waals surface area contributed by atoms with Gasteiger partial charge in [0, 0.05) is 24.3 Å². The quantitative estimate of drug-likeness (QED) is 0.876. The molecule has 0 amide bonds. The molecule has 0 spiro atoms. The lowest BCUT2D eigenvalue weighted by molar-refractivity contribution is 0.608. The lowest BCUT2D eigenvalue weighted by Gasteiger charge is -2.13. The van der Waals surface area contributed by atoms with Gasteiger partial charge in [-0.2, -0.15) is 5.10 Å². The predicted molar refractivity (Wildman–Crippen MR) is 70.6 cm³/mol. The summed E-state index contributed by atoms with van der Waals surface area (Å²) in [6, 6.07) is 10.4. The van der Waals surface area contributed by atoms with Crippen molar-refractivity contribution in [3.63, 3.8) is 0 Å². The highest BCUT2D eigenvalue weighted by atomic mass is 15.3. The van der Waals surface area contributed by atoms with E-state index in [0.29, 0.717) is 0 Å². The summed E-state index contributed by atoms with van der Waals surface area (Å²) in [6.45, 7) is 5.11. The van der Waals surface area contributed by atoms with Crippen molar-refractivity contribution in [2.24, 2.45) is 5.73 Å². The number of hydrogen-bond donors (Lipinski definition) is 1. The van der Waals surface area contributed by atoms with E-state index in [4.69, 9.17) is 5.73 Å². The Hall–Kier alpha value is -1.61. The third kappa shape index (κ3) is 2.39. The van der Waals surface area contributed by atoms with Crippen LogP contribution in [0, 0.1) is 0 Å². The molecule has 90 valence electrons. The molecule has 0 aliphatic heterocycles. The maximum absolute atomic E-state index is 6.01. The average molecular weight is 229 g/mol. The van der Waals surface area contributed by atoms with Crippen LogP contribution in [0.4, 0.5) is 0 Å². The van der Waals surface area contributed by atoms with E-state index >= 15 is 0 Å². The van der Waals surface area contributed by atoms with Crippen LogP contribution in [-0.4, -0.2) is 9.78 Å². The second-order valence-corrected chi connectivity index (χ2v) is 4.32. The van der Waals surface area contributed by atoms with Gasteiger partial charge in [-0.1, -0.05) is 31.2 Å². The van der Waals surface area contributed by atoms with Crippen molar-refractivity contribution < 1.29 is 0 Å². The molecule has 1 atom stereocenters. The summed E-state index contributed by atoms with van der Waals surface area (Å²) in [5, 5.41) is 4.36. The first kappa shape index (κ1) is 11.9. The molecule has 2 N–H and O–H groups in total. The SMILES string of the molecule is CCCn1nccc1-c1ccccc1C(C)N. The van der Waals surface area contributed by atoms with Crippen LogP contribution < -0.4 is 5.73 Å². The van der Waals surface area contributed by atoms with Crippen molar-refractivity contribution in [1.82, 2.24) is 9.78 Å². The number of benzene rings is 1. The standard InChI is InChI=1S/C14H19N3/c1-3-10-17-14(8-9-16-17)13-7-5-4-6-12(13)11(2)15/h4-9,11H,3,10,15H2,1-2H3. The average Bonchev–Trinajstić information content (AvgIpc) is 2.77. The van der Waals surface area contributed by atoms with Crippen molar-refractivity contribution in [2.45, 2.75) is 32.9 Å². The highest BCUT2D eigenvalue weighted by molar-refractivity contribution is 5.64. The first-order chi connectivity index (χ1) is 8.24. The normalized spacial score (nSPS) is 12.6. The van der Waals surface area contributed by atoms with Gasteiger partial charge in [-0.3, -0.25) is 4.68 Å². The summed E-state index contributed by atoms with van der Waals surface area (Å²) in [7, 11) is 0. The van der Waals surface area contributed by atoms with Gasteiger partial charge in [0.05, 0.1) is 5.69 Å². The molecule has 3 nitrogen and oxygen atoms in total. The molecule has 17 heavy (non-hydrogen) atoms. The zero-order valence-corrected chi connectivity index (χ0v) is 10.4. The molecule has 1 aromatic carbocycles. The van der Waals surface area contributed by atoms with E-state index < -0.39 is 0 Å². The van der Waals surface area contributed by atoms with Gasteiger partial charge in [0.25, 0.3) is 0 Å². The van der Waals surface area contributed by atoms with E-state index in [1.165, 1.54) is 11.1 Å². The zero-order chi connectivity index (χ0) is 12.3. The molecular formula is C14H19N3. The van der Waals surface area contributed by atoms with Crippen LogP contribution in [-0.2, 0) is 6.54 Å². The lowest BCUT2D eigenvalue weighted by atomic mass is 9.99. The third-order valence-electron chi connectivity index (χ3n) is 2.88. The van der Waals surface area contributed by atoms with Gasteiger partial charge >= 0.3 is 0 Å². The van der Waals surface area contributed by atoms with E-state index in [9.17, 15) is 0 Å². The zero-order valence-electron chi connectivity index (χ0n) is 10.4. The topological polar surface area (TPSA) is 43.8 Å². The van der Waals surface area contributed by atoms with Crippen LogP contribution in [0.3, 0.4) is 0 Å². The maximum Gasteiger partial charge on any atom is 0.0685 e. The third-order valence-corrected chi connectivity index (χ3v) is 2.88. The fraction of sp³-hybridized carbons (Fsp3) is 0.357. The minimum Gasteiger partial charge on any atom is -0.324 e. The molecule has 0 saturated carbocycles. The first-order valence-electron chi connectivity index (χ1n) is 6.10. The largest absolute Gasteiger partial charge is 0.324 e. The molecule has 0 radical (unpaired) electrons. The summed E-state index contributed by atoms with van der Waals surface area (Å²) < 4.78 is 2.04. The van der Waals surface area contributed by atoms with Crippen LogP contribution in [0.1, 0.15) is 31.9 Å².